The highest BCUT2D eigenvalue weighted by Crippen LogP contribution is 2.34. The Labute approximate surface area is 111 Å². The van der Waals surface area contributed by atoms with Crippen LogP contribution in [0, 0.1) is 20.2 Å². The van der Waals surface area contributed by atoms with Crippen molar-refractivity contribution in [3.63, 3.8) is 0 Å². The van der Waals surface area contributed by atoms with Crippen LogP contribution in [0.5, 0.6) is 0 Å². The van der Waals surface area contributed by atoms with E-state index in [0.29, 0.717) is 6.07 Å². The molecule has 0 saturated carbocycles. The van der Waals surface area contributed by atoms with E-state index in [0.717, 1.165) is 12.1 Å². The smallest absolute Gasteiger partial charge is 0.282 e. The predicted octanol–water partition coefficient (Wildman–Crippen LogP) is 1.90. The molecule has 2 rings (SSSR count). The van der Waals surface area contributed by atoms with Gasteiger partial charge in [0.05, 0.1) is 20.6 Å². The van der Waals surface area contributed by atoms with E-state index in [9.17, 15) is 28.6 Å². The van der Waals surface area contributed by atoms with Gasteiger partial charge in [-0.3, -0.25) is 24.8 Å². The van der Waals surface area contributed by atoms with Gasteiger partial charge in [-0.25, -0.2) is 0 Å². The zero-order chi connectivity index (χ0) is 15.1. The molecule has 0 atom stereocenters. The molecule has 2 aromatic rings. The summed E-state index contributed by atoms with van der Waals surface area (Å²) in [5.74, 6) is 0. The molecule has 0 radical (unpaired) electrons. The second-order valence-electron chi connectivity index (χ2n) is 3.80. The molecular formula is C10H6N2O7S. The molecule has 0 aliphatic carbocycles. The topological polar surface area (TPSA) is 141 Å². The Kier molecular flexibility index (Phi) is 3.12. The van der Waals surface area contributed by atoms with Crippen molar-refractivity contribution in [3.05, 3.63) is 50.6 Å². The Hall–Kier alpha value is -2.59. The van der Waals surface area contributed by atoms with Crippen LogP contribution >= 0.6 is 0 Å². The maximum Gasteiger partial charge on any atom is 0.294 e. The van der Waals surface area contributed by atoms with Gasteiger partial charge in [0.2, 0.25) is 0 Å². The number of rotatable bonds is 3. The van der Waals surface area contributed by atoms with Gasteiger partial charge in [-0.15, -0.1) is 0 Å². The van der Waals surface area contributed by atoms with E-state index in [1.165, 1.54) is 12.1 Å². The molecular weight excluding hydrogens is 292 g/mol. The van der Waals surface area contributed by atoms with Gasteiger partial charge in [-0.2, -0.15) is 8.42 Å². The largest absolute Gasteiger partial charge is 0.294 e. The summed E-state index contributed by atoms with van der Waals surface area (Å²) < 4.78 is 31.2. The van der Waals surface area contributed by atoms with E-state index in [-0.39, 0.29) is 10.8 Å². The normalized spacial score (nSPS) is 11.4. The lowest BCUT2D eigenvalue weighted by atomic mass is 10.1. The molecule has 0 unspecified atom stereocenters. The molecule has 104 valence electrons. The first-order valence-electron chi connectivity index (χ1n) is 5.05. The molecule has 20 heavy (non-hydrogen) atoms. The van der Waals surface area contributed by atoms with E-state index < -0.39 is 36.2 Å². The molecule has 1 N–H and O–H groups in total. The summed E-state index contributed by atoms with van der Waals surface area (Å²) in [7, 11) is -4.72. The van der Waals surface area contributed by atoms with Crippen molar-refractivity contribution >= 4 is 32.3 Å². The summed E-state index contributed by atoms with van der Waals surface area (Å²) in [5, 5.41) is 21.5. The summed E-state index contributed by atoms with van der Waals surface area (Å²) in [6, 6.07) is 5.08. The maximum absolute atomic E-state index is 11.1. The first kappa shape index (κ1) is 13.8. The van der Waals surface area contributed by atoms with Gasteiger partial charge in [-0.05, 0) is 12.1 Å². The van der Waals surface area contributed by atoms with Crippen molar-refractivity contribution in [1.82, 2.24) is 0 Å². The van der Waals surface area contributed by atoms with Crippen molar-refractivity contribution < 1.29 is 22.8 Å². The summed E-state index contributed by atoms with van der Waals surface area (Å²) in [4.78, 5) is 19.4. The van der Waals surface area contributed by atoms with Crippen LogP contribution in [0.25, 0.3) is 10.8 Å². The highest BCUT2D eigenvalue weighted by atomic mass is 32.2. The van der Waals surface area contributed by atoms with Crippen molar-refractivity contribution in [2.45, 2.75) is 4.90 Å². The average molecular weight is 298 g/mol. The Bertz CT molecular complexity index is 844. The number of fused-ring (bicyclic) bond motifs is 1. The van der Waals surface area contributed by atoms with Crippen molar-refractivity contribution in [3.8, 4) is 0 Å². The third kappa shape index (κ3) is 2.29. The number of hydrogen-bond acceptors (Lipinski definition) is 6. The molecule has 0 spiro atoms. The summed E-state index contributed by atoms with van der Waals surface area (Å²) >= 11 is 0. The Morgan fingerprint density at radius 2 is 1.55 bits per heavy atom. The minimum atomic E-state index is -4.72. The molecule has 0 aromatic heterocycles. The number of nitrogens with zero attached hydrogens (tertiary/aromatic N) is 2. The molecule has 0 heterocycles. The third-order valence-corrected chi connectivity index (χ3v) is 3.45. The molecule has 0 bridgehead atoms. The molecule has 10 heteroatoms. The van der Waals surface area contributed by atoms with Gasteiger partial charge in [0.1, 0.15) is 4.90 Å². The van der Waals surface area contributed by atoms with E-state index >= 15 is 0 Å². The number of non-ortho nitro benzene ring substituents is 2. The van der Waals surface area contributed by atoms with Crippen molar-refractivity contribution in [1.29, 1.82) is 0 Å². The van der Waals surface area contributed by atoms with Gasteiger partial charge in [0.25, 0.3) is 21.5 Å². The molecule has 0 saturated heterocycles. The van der Waals surface area contributed by atoms with Gasteiger partial charge in [0.15, 0.2) is 0 Å². The molecule has 0 fully saturated rings. The van der Waals surface area contributed by atoms with Crippen LogP contribution in [-0.4, -0.2) is 22.8 Å². The number of nitro groups is 2. The highest BCUT2D eigenvalue weighted by Gasteiger charge is 2.23. The second-order valence-corrected chi connectivity index (χ2v) is 5.23. The monoisotopic (exact) mass is 298 g/mol. The van der Waals surface area contributed by atoms with Crippen LogP contribution in [-0.2, 0) is 10.1 Å². The maximum atomic E-state index is 11.1. The second kappa shape index (κ2) is 4.51. The van der Waals surface area contributed by atoms with Gasteiger partial charge in [-0.1, -0.05) is 6.07 Å². The fraction of sp³-hybridized carbons (Fsp3) is 0. The summed E-state index contributed by atoms with van der Waals surface area (Å²) in [5.41, 5.74) is -1.13. The first-order chi connectivity index (χ1) is 9.21. The average Bonchev–Trinajstić information content (AvgIpc) is 2.35. The Balaban J connectivity index is 3.01. The third-order valence-electron chi connectivity index (χ3n) is 2.62. The standard InChI is InChI=1S/C10H6N2O7S/c13-11(14)9-3-1-2-7-8(9)4-6(20(17,18)19)5-10(7)12(15)16/h1-5H,(H,17,18,19). The predicted molar refractivity (Wildman–Crippen MR) is 67.1 cm³/mol. The van der Waals surface area contributed by atoms with Gasteiger partial charge >= 0.3 is 0 Å². The molecule has 0 amide bonds. The summed E-state index contributed by atoms with van der Waals surface area (Å²) in [6.45, 7) is 0. The van der Waals surface area contributed by atoms with Crippen LogP contribution in [0.3, 0.4) is 0 Å². The number of nitro benzene ring substituents is 2. The van der Waals surface area contributed by atoms with E-state index in [1.54, 1.807) is 0 Å². The SMILES string of the molecule is O=[N+]([O-])c1cc(S(=O)(=O)O)cc2c([N+](=O)[O-])cccc12. The van der Waals surface area contributed by atoms with Crippen LogP contribution < -0.4 is 0 Å². The zero-order valence-electron chi connectivity index (χ0n) is 9.59. The molecule has 2 aromatic carbocycles. The first-order valence-corrected chi connectivity index (χ1v) is 6.49. The molecule has 0 aliphatic rings. The fourth-order valence-electron chi connectivity index (χ4n) is 1.78. The molecule has 9 nitrogen and oxygen atoms in total. The van der Waals surface area contributed by atoms with Crippen molar-refractivity contribution in [2.75, 3.05) is 0 Å². The Morgan fingerprint density at radius 3 is 2.05 bits per heavy atom. The minimum absolute atomic E-state index is 0.0865. The van der Waals surface area contributed by atoms with E-state index in [2.05, 4.69) is 0 Å². The fourth-order valence-corrected chi connectivity index (χ4v) is 2.31. The highest BCUT2D eigenvalue weighted by molar-refractivity contribution is 7.85. The van der Waals surface area contributed by atoms with Crippen LogP contribution in [0.1, 0.15) is 0 Å². The van der Waals surface area contributed by atoms with Crippen LogP contribution in [0.4, 0.5) is 11.4 Å². The number of benzene rings is 2. The lowest BCUT2D eigenvalue weighted by molar-refractivity contribution is -0.384. The van der Waals surface area contributed by atoms with Gasteiger partial charge in [0, 0.05) is 12.1 Å². The Morgan fingerprint density at radius 1 is 0.950 bits per heavy atom. The quantitative estimate of drug-likeness (QED) is 0.518. The van der Waals surface area contributed by atoms with Crippen LogP contribution in [0.2, 0.25) is 0 Å². The van der Waals surface area contributed by atoms with E-state index in [4.69, 9.17) is 4.55 Å². The lowest BCUT2D eigenvalue weighted by Gasteiger charge is -2.03. The summed E-state index contributed by atoms with van der Waals surface area (Å²) in [6.07, 6.45) is 0. The van der Waals surface area contributed by atoms with E-state index in [1.807, 2.05) is 0 Å². The van der Waals surface area contributed by atoms with Gasteiger partial charge < -0.3 is 0 Å². The minimum Gasteiger partial charge on any atom is -0.282 e. The van der Waals surface area contributed by atoms with Crippen LogP contribution in [0.15, 0.2) is 35.2 Å². The molecule has 0 aliphatic heterocycles. The lowest BCUT2D eigenvalue weighted by Crippen LogP contribution is -2.01. The zero-order valence-corrected chi connectivity index (χ0v) is 10.4. The van der Waals surface area contributed by atoms with Crippen molar-refractivity contribution in [2.24, 2.45) is 0 Å². The number of hydrogen-bond donors (Lipinski definition) is 1.